The minimum atomic E-state index is -1.46. The molecule has 0 saturated carbocycles. The second-order valence-electron chi connectivity index (χ2n) is 8.43. The van der Waals surface area contributed by atoms with Crippen LogP contribution in [0.4, 0.5) is 5.69 Å². The van der Waals surface area contributed by atoms with Gasteiger partial charge in [-0.1, -0.05) is 65.7 Å². The monoisotopic (exact) mass is 386 g/mol. The summed E-state index contributed by atoms with van der Waals surface area (Å²) in [5.41, 5.74) is -1.46. The number of hydrogen-bond donors (Lipinski definition) is 1. The van der Waals surface area contributed by atoms with Crippen molar-refractivity contribution in [3.8, 4) is 0 Å². The van der Waals surface area contributed by atoms with Gasteiger partial charge in [0.2, 0.25) is 11.8 Å². The van der Waals surface area contributed by atoms with E-state index in [4.69, 9.17) is 0 Å². The predicted octanol–water partition coefficient (Wildman–Crippen LogP) is 3.56. The van der Waals surface area contributed by atoms with E-state index in [2.05, 4.69) is 5.32 Å². The first-order valence-electron chi connectivity index (χ1n) is 9.88. The Kier molecular flexibility index (Phi) is 6.42. The molecule has 1 fully saturated rings. The van der Waals surface area contributed by atoms with Crippen LogP contribution >= 0.6 is 0 Å². The van der Waals surface area contributed by atoms with E-state index < -0.39 is 40.4 Å². The predicted molar refractivity (Wildman–Crippen MR) is 107 cm³/mol. The molecule has 1 aromatic carbocycles. The Balaban J connectivity index is 2.38. The van der Waals surface area contributed by atoms with Crippen molar-refractivity contribution in [2.75, 3.05) is 5.32 Å². The molecule has 0 radical (unpaired) electrons. The Morgan fingerprint density at radius 2 is 1.50 bits per heavy atom. The first-order valence-corrected chi connectivity index (χ1v) is 9.88. The topological polar surface area (TPSA) is 83.6 Å². The maximum Gasteiger partial charge on any atom is 0.255 e. The van der Waals surface area contributed by atoms with Gasteiger partial charge in [0, 0.05) is 11.1 Å². The largest absolute Gasteiger partial charge is 0.324 e. The summed E-state index contributed by atoms with van der Waals surface area (Å²) >= 11 is 0. The summed E-state index contributed by atoms with van der Waals surface area (Å²) in [5.74, 6) is -1.93. The van der Waals surface area contributed by atoms with Gasteiger partial charge in [-0.2, -0.15) is 0 Å². The number of amides is 3. The molecule has 0 aliphatic carbocycles. The molecule has 1 saturated heterocycles. The van der Waals surface area contributed by atoms with E-state index in [1.165, 1.54) is 0 Å². The Morgan fingerprint density at radius 1 is 1.00 bits per heavy atom. The molecule has 6 heteroatoms. The third-order valence-electron chi connectivity index (χ3n) is 5.15. The van der Waals surface area contributed by atoms with Gasteiger partial charge in [-0.15, -0.1) is 0 Å². The number of carbonyl (C=O) groups is 4. The van der Waals surface area contributed by atoms with Gasteiger partial charge in [0.05, 0.1) is 0 Å². The molecular weight excluding hydrogens is 356 g/mol. The highest BCUT2D eigenvalue weighted by Gasteiger charge is 2.64. The van der Waals surface area contributed by atoms with Crippen LogP contribution in [0.3, 0.4) is 0 Å². The number of ketones is 1. The number of benzene rings is 1. The summed E-state index contributed by atoms with van der Waals surface area (Å²) in [6, 6.07) is 7.23. The molecule has 1 N–H and O–H groups in total. The van der Waals surface area contributed by atoms with Crippen molar-refractivity contribution in [1.82, 2.24) is 4.90 Å². The van der Waals surface area contributed by atoms with Gasteiger partial charge in [0.1, 0.15) is 5.41 Å². The molecule has 1 aliphatic heterocycles. The molecule has 0 spiro atoms. The van der Waals surface area contributed by atoms with Gasteiger partial charge in [-0.05, 0) is 25.0 Å². The number of nitrogens with zero attached hydrogens (tertiary/aromatic N) is 1. The number of likely N-dealkylation sites (tertiary alicyclic amines) is 1. The van der Waals surface area contributed by atoms with Crippen LogP contribution in [0.25, 0.3) is 0 Å². The smallest absolute Gasteiger partial charge is 0.255 e. The summed E-state index contributed by atoms with van der Waals surface area (Å²) < 4.78 is 0. The lowest BCUT2D eigenvalue weighted by Gasteiger charge is -2.49. The maximum atomic E-state index is 13.1. The Hall–Kier alpha value is -2.50. The van der Waals surface area contributed by atoms with E-state index in [9.17, 15) is 19.2 Å². The number of carbonyl (C=O) groups excluding carboxylic acids is 4. The van der Waals surface area contributed by atoms with Gasteiger partial charge < -0.3 is 5.32 Å². The second kappa shape index (κ2) is 8.25. The molecule has 6 nitrogen and oxygen atoms in total. The number of imide groups is 1. The van der Waals surface area contributed by atoms with Crippen molar-refractivity contribution in [2.45, 2.75) is 66.3 Å². The molecule has 1 heterocycles. The first kappa shape index (κ1) is 21.8. The van der Waals surface area contributed by atoms with E-state index in [0.717, 1.165) is 4.90 Å². The van der Waals surface area contributed by atoms with Crippen molar-refractivity contribution in [3.63, 3.8) is 0 Å². The summed E-state index contributed by atoms with van der Waals surface area (Å²) in [7, 11) is 0. The lowest BCUT2D eigenvalue weighted by Crippen LogP contribution is -2.72. The fourth-order valence-corrected chi connectivity index (χ4v) is 3.73. The van der Waals surface area contributed by atoms with Gasteiger partial charge in [0.25, 0.3) is 5.91 Å². The number of hydrogen-bond acceptors (Lipinski definition) is 4. The van der Waals surface area contributed by atoms with E-state index >= 15 is 0 Å². The Morgan fingerprint density at radius 3 is 1.93 bits per heavy atom. The third-order valence-corrected chi connectivity index (χ3v) is 5.15. The number of Topliss-reactive ketones (excluding diaryl/α,β-unsaturated/α-hetero) is 1. The number of rotatable bonds is 8. The zero-order chi connectivity index (χ0) is 21.1. The zero-order valence-electron chi connectivity index (χ0n) is 17.4. The molecule has 28 heavy (non-hydrogen) atoms. The van der Waals surface area contributed by atoms with E-state index in [1.54, 1.807) is 51.1 Å². The average molecular weight is 386 g/mol. The Bertz CT molecular complexity index is 740. The molecular formula is C22H30N2O4. The summed E-state index contributed by atoms with van der Waals surface area (Å²) in [5, 5.41) is 2.67. The van der Waals surface area contributed by atoms with Crippen LogP contribution in [0, 0.1) is 10.8 Å². The van der Waals surface area contributed by atoms with Crippen molar-refractivity contribution >= 4 is 29.2 Å². The fourth-order valence-electron chi connectivity index (χ4n) is 3.73. The SMILES string of the molecule is CCCC1(CCC)C(=O)N(C(C(=O)Nc2ccccc2)C(=O)C(C)(C)C)C1=O. The average Bonchev–Trinajstić information content (AvgIpc) is 2.64. The van der Waals surface area contributed by atoms with Gasteiger partial charge in [-0.3, -0.25) is 24.1 Å². The van der Waals surface area contributed by atoms with Crippen LogP contribution in [-0.2, 0) is 19.2 Å². The van der Waals surface area contributed by atoms with Crippen LogP contribution in [-0.4, -0.2) is 34.4 Å². The molecule has 152 valence electrons. The highest BCUT2D eigenvalue weighted by Crippen LogP contribution is 2.44. The summed E-state index contributed by atoms with van der Waals surface area (Å²) in [4.78, 5) is 53.1. The number of para-hydroxylation sites is 1. The molecule has 1 atom stereocenters. The lowest BCUT2D eigenvalue weighted by atomic mass is 9.69. The van der Waals surface area contributed by atoms with E-state index in [-0.39, 0.29) is 0 Å². The van der Waals surface area contributed by atoms with Gasteiger partial charge in [-0.25, -0.2) is 0 Å². The molecule has 0 bridgehead atoms. The van der Waals surface area contributed by atoms with Crippen LogP contribution in [0.5, 0.6) is 0 Å². The van der Waals surface area contributed by atoms with Crippen molar-refractivity contribution < 1.29 is 19.2 Å². The lowest BCUT2D eigenvalue weighted by molar-refractivity contribution is -0.185. The van der Waals surface area contributed by atoms with Gasteiger partial charge in [0.15, 0.2) is 11.8 Å². The van der Waals surface area contributed by atoms with Crippen LogP contribution in [0.2, 0.25) is 0 Å². The van der Waals surface area contributed by atoms with Gasteiger partial charge >= 0.3 is 0 Å². The fraction of sp³-hybridized carbons (Fsp3) is 0.545. The molecule has 1 aliphatic rings. The van der Waals surface area contributed by atoms with E-state index in [1.807, 2.05) is 13.8 Å². The molecule has 0 aromatic heterocycles. The molecule has 1 unspecified atom stereocenters. The minimum absolute atomic E-state index is 0.410. The van der Waals surface area contributed by atoms with E-state index in [0.29, 0.717) is 31.4 Å². The zero-order valence-corrected chi connectivity index (χ0v) is 17.4. The van der Waals surface area contributed by atoms with Crippen molar-refractivity contribution in [3.05, 3.63) is 30.3 Å². The van der Waals surface area contributed by atoms with Crippen LogP contribution in [0.15, 0.2) is 30.3 Å². The normalized spacial score (nSPS) is 17.1. The third kappa shape index (κ3) is 3.86. The molecule has 3 amide bonds. The van der Waals surface area contributed by atoms with Crippen molar-refractivity contribution in [2.24, 2.45) is 10.8 Å². The quantitative estimate of drug-likeness (QED) is 0.547. The highest BCUT2D eigenvalue weighted by atomic mass is 16.2. The first-order chi connectivity index (χ1) is 13.1. The molecule has 1 aromatic rings. The van der Waals surface area contributed by atoms with Crippen LogP contribution in [0.1, 0.15) is 60.3 Å². The standard InChI is InChI=1S/C22H30N2O4/c1-6-13-22(14-7-2)19(27)24(20(22)28)16(17(25)21(3,4)5)18(26)23-15-11-9-8-10-12-15/h8-12,16H,6-7,13-14H2,1-5H3,(H,23,26). The number of nitrogens with one attached hydrogen (secondary N) is 1. The second-order valence-corrected chi connectivity index (χ2v) is 8.43. The van der Waals surface area contributed by atoms with Crippen LogP contribution < -0.4 is 5.32 Å². The maximum absolute atomic E-state index is 13.1. The number of β-lactam (4-membered cyclic amide) rings is 2. The minimum Gasteiger partial charge on any atom is -0.324 e. The number of anilines is 1. The highest BCUT2D eigenvalue weighted by molar-refractivity contribution is 6.27. The summed E-state index contributed by atoms with van der Waals surface area (Å²) in [6.45, 7) is 8.87. The summed E-state index contributed by atoms with van der Waals surface area (Å²) in [6.07, 6.45) is 2.23. The van der Waals surface area contributed by atoms with Crippen molar-refractivity contribution in [1.29, 1.82) is 0 Å². The molecule has 2 rings (SSSR count). The Labute approximate surface area is 166 Å².